The number of hydrogen-bond acceptors (Lipinski definition) is 3. The van der Waals surface area contributed by atoms with Crippen LogP contribution in [0.4, 0.5) is 0 Å². The Morgan fingerprint density at radius 1 is 1.64 bits per heavy atom. The molecule has 1 aromatic rings. The third-order valence-corrected chi connectivity index (χ3v) is 3.33. The van der Waals surface area contributed by atoms with E-state index in [4.69, 9.17) is 5.14 Å². The Bertz CT molecular complexity index is 422. The molecule has 1 rings (SSSR count). The monoisotopic (exact) mass is 217 g/mol. The molecule has 0 aliphatic rings. The van der Waals surface area contributed by atoms with Gasteiger partial charge in [-0.05, 0) is 20.3 Å². The van der Waals surface area contributed by atoms with Crippen molar-refractivity contribution in [2.45, 2.75) is 38.1 Å². The summed E-state index contributed by atoms with van der Waals surface area (Å²) in [5, 5.41) is 9.04. The van der Waals surface area contributed by atoms with Crippen molar-refractivity contribution in [1.29, 1.82) is 0 Å². The van der Waals surface area contributed by atoms with Crippen molar-refractivity contribution in [1.82, 2.24) is 9.78 Å². The zero-order valence-corrected chi connectivity index (χ0v) is 9.37. The molecule has 0 spiro atoms. The molecule has 0 aromatic carbocycles. The Morgan fingerprint density at radius 3 is 2.57 bits per heavy atom. The summed E-state index contributed by atoms with van der Waals surface area (Å²) < 4.78 is 23.9. The minimum Gasteiger partial charge on any atom is -0.266 e. The summed E-state index contributed by atoms with van der Waals surface area (Å²) >= 11 is 0. The highest BCUT2D eigenvalue weighted by Crippen LogP contribution is 2.18. The van der Waals surface area contributed by atoms with Crippen LogP contribution in [0.25, 0.3) is 0 Å². The summed E-state index contributed by atoms with van der Waals surface area (Å²) in [6.07, 6.45) is 2.20. The molecule has 1 atom stereocenters. The summed E-state index contributed by atoms with van der Waals surface area (Å²) in [7, 11) is -3.64. The maximum atomic E-state index is 11.1. The summed E-state index contributed by atoms with van der Waals surface area (Å²) in [6.45, 7) is 5.70. The van der Waals surface area contributed by atoms with Crippen LogP contribution < -0.4 is 5.14 Å². The molecule has 0 radical (unpaired) electrons. The quantitative estimate of drug-likeness (QED) is 0.813. The molecular formula is C8H15N3O2S. The first-order chi connectivity index (χ1) is 6.38. The molecule has 0 aliphatic carbocycles. The molecule has 0 amide bonds. The first kappa shape index (κ1) is 11.2. The van der Waals surface area contributed by atoms with Crippen LogP contribution in [-0.4, -0.2) is 18.2 Å². The molecule has 0 fully saturated rings. The van der Waals surface area contributed by atoms with Crippen molar-refractivity contribution in [2.24, 2.45) is 5.14 Å². The fourth-order valence-electron chi connectivity index (χ4n) is 1.30. The Labute approximate surface area is 84.0 Å². The smallest absolute Gasteiger partial charge is 0.241 e. The van der Waals surface area contributed by atoms with Gasteiger partial charge in [-0.1, -0.05) is 6.92 Å². The van der Waals surface area contributed by atoms with E-state index < -0.39 is 10.0 Å². The maximum absolute atomic E-state index is 11.1. The number of aromatic nitrogens is 2. The van der Waals surface area contributed by atoms with Crippen LogP contribution in [0.15, 0.2) is 11.1 Å². The molecule has 1 unspecified atom stereocenters. The number of hydrogen-bond donors (Lipinski definition) is 1. The van der Waals surface area contributed by atoms with Gasteiger partial charge in [-0.3, -0.25) is 4.68 Å². The highest BCUT2D eigenvalue weighted by Gasteiger charge is 2.18. The molecular weight excluding hydrogens is 202 g/mol. The lowest BCUT2D eigenvalue weighted by Crippen LogP contribution is -2.14. The zero-order chi connectivity index (χ0) is 10.9. The third-order valence-electron chi connectivity index (χ3n) is 2.31. The number of sulfonamides is 1. The predicted molar refractivity (Wildman–Crippen MR) is 53.3 cm³/mol. The van der Waals surface area contributed by atoms with Crippen LogP contribution in [0.5, 0.6) is 0 Å². The Kier molecular flexibility index (Phi) is 2.96. The first-order valence-electron chi connectivity index (χ1n) is 4.44. The number of rotatable bonds is 3. The van der Waals surface area contributed by atoms with Crippen molar-refractivity contribution in [3.05, 3.63) is 11.9 Å². The van der Waals surface area contributed by atoms with Gasteiger partial charge in [0.25, 0.3) is 0 Å². The van der Waals surface area contributed by atoms with E-state index >= 15 is 0 Å². The average Bonchev–Trinajstić information content (AvgIpc) is 2.45. The highest BCUT2D eigenvalue weighted by atomic mass is 32.2. The Morgan fingerprint density at radius 2 is 2.21 bits per heavy atom. The molecule has 0 saturated heterocycles. The molecule has 1 heterocycles. The second-order valence-corrected chi connectivity index (χ2v) is 4.87. The van der Waals surface area contributed by atoms with Crippen LogP contribution in [-0.2, 0) is 10.0 Å². The minimum absolute atomic E-state index is 0.109. The van der Waals surface area contributed by atoms with Gasteiger partial charge in [0, 0.05) is 6.04 Å². The summed E-state index contributed by atoms with van der Waals surface area (Å²) in [4.78, 5) is 0.109. The van der Waals surface area contributed by atoms with Crippen LogP contribution in [0, 0.1) is 6.92 Å². The standard InChI is InChI=1S/C8H15N3O2S/c1-4-6(2)11-7(3)8(5-10-11)14(9,12)13/h5-6H,4H2,1-3H3,(H2,9,12,13). The fourth-order valence-corrected chi connectivity index (χ4v) is 2.00. The van der Waals surface area contributed by atoms with Crippen molar-refractivity contribution in [2.75, 3.05) is 0 Å². The molecule has 1 aromatic heterocycles. The molecule has 6 heteroatoms. The van der Waals surface area contributed by atoms with Crippen molar-refractivity contribution in [3.63, 3.8) is 0 Å². The normalized spacial score (nSPS) is 14.3. The van der Waals surface area contributed by atoms with E-state index in [1.807, 2.05) is 13.8 Å². The van der Waals surface area contributed by atoms with Gasteiger partial charge in [0.2, 0.25) is 10.0 Å². The van der Waals surface area contributed by atoms with Gasteiger partial charge in [0.15, 0.2) is 0 Å². The molecule has 0 aliphatic heterocycles. The van der Waals surface area contributed by atoms with Gasteiger partial charge >= 0.3 is 0 Å². The second-order valence-electron chi connectivity index (χ2n) is 3.34. The van der Waals surface area contributed by atoms with Crippen LogP contribution >= 0.6 is 0 Å². The second kappa shape index (κ2) is 3.70. The third kappa shape index (κ3) is 1.96. The van der Waals surface area contributed by atoms with Gasteiger partial charge in [-0.2, -0.15) is 5.10 Å². The zero-order valence-electron chi connectivity index (χ0n) is 8.56. The average molecular weight is 217 g/mol. The van der Waals surface area contributed by atoms with Crippen molar-refractivity contribution >= 4 is 10.0 Å². The molecule has 2 N–H and O–H groups in total. The summed E-state index contributed by atoms with van der Waals surface area (Å²) in [5.41, 5.74) is 0.599. The fraction of sp³-hybridized carbons (Fsp3) is 0.625. The molecule has 0 saturated carbocycles. The van der Waals surface area contributed by atoms with Crippen LogP contribution in [0.2, 0.25) is 0 Å². The van der Waals surface area contributed by atoms with E-state index in [1.165, 1.54) is 6.20 Å². The molecule has 14 heavy (non-hydrogen) atoms. The van der Waals surface area contributed by atoms with Crippen molar-refractivity contribution < 1.29 is 8.42 Å². The SMILES string of the molecule is CCC(C)n1ncc(S(N)(=O)=O)c1C. The lowest BCUT2D eigenvalue weighted by molar-refractivity contribution is 0.466. The Balaban J connectivity index is 3.22. The van der Waals surface area contributed by atoms with Crippen molar-refractivity contribution in [3.8, 4) is 0 Å². The minimum atomic E-state index is -3.64. The van der Waals surface area contributed by atoms with E-state index in [9.17, 15) is 8.42 Å². The van der Waals surface area contributed by atoms with E-state index in [2.05, 4.69) is 5.10 Å². The number of primary sulfonamides is 1. The Hall–Kier alpha value is -0.880. The van der Waals surface area contributed by atoms with Gasteiger partial charge in [-0.15, -0.1) is 0 Å². The first-order valence-corrected chi connectivity index (χ1v) is 5.99. The van der Waals surface area contributed by atoms with Gasteiger partial charge in [0.1, 0.15) is 4.90 Å². The molecule has 0 bridgehead atoms. The molecule has 80 valence electrons. The van der Waals surface area contributed by atoms with E-state index in [-0.39, 0.29) is 10.9 Å². The lowest BCUT2D eigenvalue weighted by Gasteiger charge is -2.11. The maximum Gasteiger partial charge on any atom is 0.241 e. The molecule has 5 nitrogen and oxygen atoms in total. The topological polar surface area (TPSA) is 78.0 Å². The van der Waals surface area contributed by atoms with Crippen LogP contribution in [0.3, 0.4) is 0 Å². The van der Waals surface area contributed by atoms with Crippen LogP contribution in [0.1, 0.15) is 32.0 Å². The summed E-state index contributed by atoms with van der Waals surface area (Å²) in [5.74, 6) is 0. The largest absolute Gasteiger partial charge is 0.266 e. The summed E-state index contributed by atoms with van der Waals surface area (Å²) in [6, 6.07) is 0.186. The highest BCUT2D eigenvalue weighted by molar-refractivity contribution is 7.89. The van der Waals surface area contributed by atoms with E-state index in [0.717, 1.165) is 6.42 Å². The van der Waals surface area contributed by atoms with E-state index in [1.54, 1.807) is 11.6 Å². The lowest BCUT2D eigenvalue weighted by atomic mass is 10.2. The number of nitrogens with two attached hydrogens (primary N) is 1. The number of nitrogens with zero attached hydrogens (tertiary/aromatic N) is 2. The van der Waals surface area contributed by atoms with E-state index in [0.29, 0.717) is 5.69 Å². The van der Waals surface area contributed by atoms with Gasteiger partial charge in [-0.25, -0.2) is 13.6 Å². The van der Waals surface area contributed by atoms with Gasteiger partial charge < -0.3 is 0 Å². The van der Waals surface area contributed by atoms with Gasteiger partial charge in [0.05, 0.1) is 11.9 Å². The predicted octanol–water partition coefficient (Wildman–Crippen LogP) is 0.810.